The summed E-state index contributed by atoms with van der Waals surface area (Å²) in [6, 6.07) is 13.2. The van der Waals surface area contributed by atoms with Crippen LogP contribution < -0.4 is 10.0 Å². The molecule has 3 rings (SSSR count). The van der Waals surface area contributed by atoms with Gasteiger partial charge in [-0.05, 0) is 43.3 Å². The number of hydrogen-bond acceptors (Lipinski definition) is 4. The topological polar surface area (TPSA) is 88.4 Å². The molecule has 26 heavy (non-hydrogen) atoms. The lowest BCUT2D eigenvalue weighted by molar-refractivity contribution is -0.120. The molecule has 1 heterocycles. The van der Waals surface area contributed by atoms with E-state index >= 15 is 0 Å². The third-order valence-electron chi connectivity index (χ3n) is 3.80. The smallest absolute Gasteiger partial charge is 0.241 e. The predicted octanol–water partition coefficient (Wildman–Crippen LogP) is 2.73. The summed E-state index contributed by atoms with van der Waals surface area (Å²) in [4.78, 5) is 11.9. The van der Waals surface area contributed by atoms with Crippen molar-refractivity contribution in [3.63, 3.8) is 0 Å². The van der Waals surface area contributed by atoms with Crippen LogP contribution >= 0.6 is 0 Å². The van der Waals surface area contributed by atoms with Gasteiger partial charge in [-0.25, -0.2) is 17.5 Å². The van der Waals surface area contributed by atoms with E-state index in [1.54, 1.807) is 6.92 Å². The lowest BCUT2D eigenvalue weighted by Gasteiger charge is -2.12. The van der Waals surface area contributed by atoms with Gasteiger partial charge >= 0.3 is 0 Å². The Kier molecular flexibility index (Phi) is 5.06. The zero-order valence-electron chi connectivity index (χ0n) is 13.9. The number of amides is 1. The van der Waals surface area contributed by atoms with Crippen molar-refractivity contribution >= 4 is 26.9 Å². The maximum Gasteiger partial charge on any atom is 0.241 e. The molecule has 6 nitrogen and oxygen atoms in total. The number of carbonyl (C=O) groups is 1. The Morgan fingerprint density at radius 1 is 1.15 bits per heavy atom. The highest BCUT2D eigenvalue weighted by Crippen LogP contribution is 2.23. The van der Waals surface area contributed by atoms with Crippen molar-refractivity contribution < 1.29 is 22.0 Å². The molecule has 1 aromatic heterocycles. The minimum atomic E-state index is -3.89. The predicted molar refractivity (Wildman–Crippen MR) is 94.4 cm³/mol. The van der Waals surface area contributed by atoms with Gasteiger partial charge in [-0.15, -0.1) is 0 Å². The average molecular weight is 376 g/mol. The number of rotatable bonds is 6. The van der Waals surface area contributed by atoms with E-state index in [1.165, 1.54) is 0 Å². The molecule has 0 radical (unpaired) electrons. The molecule has 2 N–H and O–H groups in total. The Labute approximate surface area is 150 Å². The molecule has 1 amide bonds. The number of nitrogens with one attached hydrogen (secondary N) is 2. The summed E-state index contributed by atoms with van der Waals surface area (Å²) in [5.74, 6) is -0.481. The van der Waals surface area contributed by atoms with Gasteiger partial charge in [-0.1, -0.05) is 18.2 Å². The SMILES string of the molecule is C[C@@H](NC(=O)CNS(=O)(=O)c1ccc(F)cc1)c1cc2ccccc2o1. The number of para-hydroxylation sites is 1. The second kappa shape index (κ2) is 7.27. The molecule has 2 aromatic carbocycles. The number of furan rings is 1. The zero-order chi connectivity index (χ0) is 18.7. The summed E-state index contributed by atoms with van der Waals surface area (Å²) in [5, 5.41) is 3.59. The molecular formula is C18H17FN2O4S. The van der Waals surface area contributed by atoms with Crippen LogP contribution in [0.2, 0.25) is 0 Å². The maximum atomic E-state index is 12.9. The van der Waals surface area contributed by atoms with Gasteiger partial charge in [0, 0.05) is 5.39 Å². The van der Waals surface area contributed by atoms with Crippen LogP contribution in [0.25, 0.3) is 11.0 Å². The van der Waals surface area contributed by atoms with Gasteiger partial charge in [0.15, 0.2) is 0 Å². The number of halogens is 1. The highest BCUT2D eigenvalue weighted by atomic mass is 32.2. The molecule has 8 heteroatoms. The first-order valence-electron chi connectivity index (χ1n) is 7.88. The van der Waals surface area contributed by atoms with Gasteiger partial charge < -0.3 is 9.73 Å². The highest BCUT2D eigenvalue weighted by molar-refractivity contribution is 7.89. The molecular weight excluding hydrogens is 359 g/mol. The first-order chi connectivity index (χ1) is 12.3. The summed E-state index contributed by atoms with van der Waals surface area (Å²) < 4.78 is 44.9. The van der Waals surface area contributed by atoms with Crippen LogP contribution in [-0.2, 0) is 14.8 Å². The van der Waals surface area contributed by atoms with E-state index in [2.05, 4.69) is 10.0 Å². The number of benzene rings is 2. The fraction of sp³-hybridized carbons (Fsp3) is 0.167. The standard InChI is InChI=1S/C18H17FN2O4S/c1-12(17-10-13-4-2-3-5-16(13)25-17)21-18(22)11-20-26(23,24)15-8-6-14(19)7-9-15/h2-10,12,20H,11H2,1H3,(H,21,22)/t12-/m1/s1. The van der Waals surface area contributed by atoms with E-state index in [4.69, 9.17) is 4.42 Å². The largest absolute Gasteiger partial charge is 0.459 e. The lowest BCUT2D eigenvalue weighted by atomic mass is 10.2. The van der Waals surface area contributed by atoms with Crippen LogP contribution in [0.1, 0.15) is 18.7 Å². The van der Waals surface area contributed by atoms with E-state index in [9.17, 15) is 17.6 Å². The normalized spacial score (nSPS) is 12.8. The third-order valence-corrected chi connectivity index (χ3v) is 5.21. The zero-order valence-corrected chi connectivity index (χ0v) is 14.7. The summed E-state index contributed by atoms with van der Waals surface area (Å²) in [7, 11) is -3.89. The molecule has 0 unspecified atom stereocenters. The Balaban J connectivity index is 1.60. The second-order valence-electron chi connectivity index (χ2n) is 5.75. The molecule has 3 aromatic rings. The monoisotopic (exact) mass is 376 g/mol. The van der Waals surface area contributed by atoms with Gasteiger partial charge in [0.25, 0.3) is 0 Å². The summed E-state index contributed by atoms with van der Waals surface area (Å²) in [6.07, 6.45) is 0. The van der Waals surface area contributed by atoms with Crippen molar-refractivity contribution in [1.29, 1.82) is 0 Å². The van der Waals surface area contributed by atoms with Crippen molar-refractivity contribution in [2.75, 3.05) is 6.54 Å². The molecule has 0 bridgehead atoms. The van der Waals surface area contributed by atoms with Crippen LogP contribution in [0, 0.1) is 5.82 Å². The van der Waals surface area contributed by atoms with Crippen molar-refractivity contribution in [2.24, 2.45) is 0 Å². The number of fused-ring (bicyclic) bond motifs is 1. The molecule has 0 aliphatic heterocycles. The van der Waals surface area contributed by atoms with Gasteiger partial charge in [0.2, 0.25) is 15.9 Å². The van der Waals surface area contributed by atoms with E-state index < -0.39 is 34.3 Å². The quantitative estimate of drug-likeness (QED) is 0.692. The Hall–Kier alpha value is -2.71. The second-order valence-corrected chi connectivity index (χ2v) is 7.52. The van der Waals surface area contributed by atoms with E-state index in [0.29, 0.717) is 11.3 Å². The molecule has 136 valence electrons. The first-order valence-corrected chi connectivity index (χ1v) is 9.36. The third kappa shape index (κ3) is 4.09. The van der Waals surface area contributed by atoms with Crippen LogP contribution in [-0.4, -0.2) is 20.9 Å². The van der Waals surface area contributed by atoms with Crippen LogP contribution in [0.5, 0.6) is 0 Å². The molecule has 0 fully saturated rings. The van der Waals surface area contributed by atoms with Crippen LogP contribution in [0.3, 0.4) is 0 Å². The van der Waals surface area contributed by atoms with Crippen LogP contribution in [0.15, 0.2) is 63.9 Å². The molecule has 1 atom stereocenters. The lowest BCUT2D eigenvalue weighted by Crippen LogP contribution is -2.37. The number of sulfonamides is 1. The van der Waals surface area contributed by atoms with Crippen LogP contribution in [0.4, 0.5) is 4.39 Å². The van der Waals surface area contributed by atoms with E-state index in [-0.39, 0.29) is 4.90 Å². The van der Waals surface area contributed by atoms with Crippen molar-refractivity contribution in [3.05, 3.63) is 66.2 Å². The fourth-order valence-electron chi connectivity index (χ4n) is 2.44. The van der Waals surface area contributed by atoms with Crippen molar-refractivity contribution in [3.8, 4) is 0 Å². The number of hydrogen-bond donors (Lipinski definition) is 2. The van der Waals surface area contributed by atoms with E-state index in [1.807, 2.05) is 30.3 Å². The van der Waals surface area contributed by atoms with Gasteiger partial charge in [0.05, 0.1) is 17.5 Å². The minimum Gasteiger partial charge on any atom is -0.459 e. The Bertz CT molecular complexity index is 996. The first kappa shape index (κ1) is 18.1. The Morgan fingerprint density at radius 2 is 1.85 bits per heavy atom. The number of carbonyl (C=O) groups excluding carboxylic acids is 1. The van der Waals surface area contributed by atoms with Crippen molar-refractivity contribution in [1.82, 2.24) is 10.0 Å². The van der Waals surface area contributed by atoms with Gasteiger partial charge in [-0.3, -0.25) is 4.79 Å². The average Bonchev–Trinajstić information content (AvgIpc) is 3.05. The summed E-state index contributed by atoms with van der Waals surface area (Å²) in [5.41, 5.74) is 0.709. The van der Waals surface area contributed by atoms with Gasteiger partial charge in [0.1, 0.15) is 17.2 Å². The molecule has 0 aliphatic rings. The van der Waals surface area contributed by atoms with Gasteiger partial charge in [-0.2, -0.15) is 0 Å². The Morgan fingerprint density at radius 3 is 2.54 bits per heavy atom. The minimum absolute atomic E-state index is 0.114. The van der Waals surface area contributed by atoms with Crippen molar-refractivity contribution in [2.45, 2.75) is 17.9 Å². The molecule has 0 spiro atoms. The molecule has 0 saturated carbocycles. The van der Waals surface area contributed by atoms with E-state index in [0.717, 1.165) is 29.7 Å². The molecule has 0 aliphatic carbocycles. The highest BCUT2D eigenvalue weighted by Gasteiger charge is 2.18. The summed E-state index contributed by atoms with van der Waals surface area (Å²) in [6.45, 7) is 1.30. The maximum absolute atomic E-state index is 12.9. The summed E-state index contributed by atoms with van der Waals surface area (Å²) >= 11 is 0. The fourth-order valence-corrected chi connectivity index (χ4v) is 3.42. The molecule has 0 saturated heterocycles.